The molecule has 10 heteroatoms. The molecule has 31 heavy (non-hydrogen) atoms. The van der Waals surface area contributed by atoms with E-state index in [1.165, 1.54) is 25.5 Å². The molecule has 0 aliphatic carbocycles. The largest absolute Gasteiger partial charge is 0.507 e. The molecule has 3 heterocycles. The van der Waals surface area contributed by atoms with Gasteiger partial charge in [-0.05, 0) is 43.3 Å². The number of halogens is 1. The number of thiazole rings is 1. The average Bonchev–Trinajstić information content (AvgIpc) is 3.47. The number of rotatable bonds is 4. The summed E-state index contributed by atoms with van der Waals surface area (Å²) in [5.74, 6) is -3.34. The van der Waals surface area contributed by atoms with Crippen molar-refractivity contribution in [2.24, 2.45) is 0 Å². The maximum absolute atomic E-state index is 13.3. The molecule has 2 aromatic heterocycles. The summed E-state index contributed by atoms with van der Waals surface area (Å²) in [6.07, 6.45) is 1.36. The van der Waals surface area contributed by atoms with Crippen molar-refractivity contribution in [3.8, 4) is 0 Å². The standard InChI is InChI=1S/C21H15FN2O6S/c1-10-18(20(28)29-2)31-21(23-10)24-15(13-4-3-9-30-13)14(17(26)19(24)27)16(25)11-5-7-12(22)8-6-11/h3-9,15,25H,1-2H3/b16-14+/t15-/m0/s1. The van der Waals surface area contributed by atoms with Crippen molar-refractivity contribution >= 4 is 39.9 Å². The van der Waals surface area contributed by atoms with Crippen LogP contribution >= 0.6 is 11.3 Å². The summed E-state index contributed by atoms with van der Waals surface area (Å²) in [4.78, 5) is 43.4. The van der Waals surface area contributed by atoms with E-state index in [4.69, 9.17) is 9.15 Å². The van der Waals surface area contributed by atoms with Crippen LogP contribution in [0.1, 0.15) is 32.7 Å². The fraction of sp³-hybridized carbons (Fsp3) is 0.143. The molecular weight excluding hydrogens is 427 g/mol. The maximum atomic E-state index is 13.3. The molecule has 0 radical (unpaired) electrons. The number of furan rings is 1. The molecule has 1 N–H and O–H groups in total. The summed E-state index contributed by atoms with van der Waals surface area (Å²) in [5.41, 5.74) is 0.242. The minimum absolute atomic E-state index is 0.0690. The number of aromatic nitrogens is 1. The molecule has 1 fully saturated rings. The molecule has 1 saturated heterocycles. The summed E-state index contributed by atoms with van der Waals surface area (Å²) >= 11 is 0.880. The Balaban J connectivity index is 1.90. The summed E-state index contributed by atoms with van der Waals surface area (Å²) in [5, 5.41) is 10.9. The van der Waals surface area contributed by atoms with Crippen LogP contribution in [0.2, 0.25) is 0 Å². The number of methoxy groups -OCH3 is 1. The lowest BCUT2D eigenvalue weighted by molar-refractivity contribution is -0.132. The number of hydrogen-bond donors (Lipinski definition) is 1. The number of aliphatic hydroxyl groups excluding tert-OH is 1. The third-order valence-corrected chi connectivity index (χ3v) is 5.87. The Labute approximate surface area is 179 Å². The van der Waals surface area contributed by atoms with E-state index >= 15 is 0 Å². The van der Waals surface area contributed by atoms with Gasteiger partial charge in [0, 0.05) is 5.56 Å². The highest BCUT2D eigenvalue weighted by Gasteiger charge is 2.49. The first-order valence-electron chi connectivity index (χ1n) is 8.99. The first-order valence-corrected chi connectivity index (χ1v) is 9.81. The van der Waals surface area contributed by atoms with Crippen LogP contribution in [-0.4, -0.2) is 34.9 Å². The summed E-state index contributed by atoms with van der Waals surface area (Å²) in [6.45, 7) is 1.57. The normalized spacial score (nSPS) is 17.9. The number of nitrogens with zero attached hydrogens (tertiary/aromatic N) is 2. The smallest absolute Gasteiger partial charge is 0.350 e. The van der Waals surface area contributed by atoms with Crippen molar-refractivity contribution in [1.82, 2.24) is 4.98 Å². The number of ketones is 1. The molecule has 0 unspecified atom stereocenters. The molecule has 0 spiro atoms. The zero-order valence-electron chi connectivity index (χ0n) is 16.3. The monoisotopic (exact) mass is 442 g/mol. The number of esters is 1. The molecule has 1 atom stereocenters. The van der Waals surface area contributed by atoms with Crippen molar-refractivity contribution in [1.29, 1.82) is 0 Å². The van der Waals surface area contributed by atoms with Gasteiger partial charge in [-0.1, -0.05) is 11.3 Å². The quantitative estimate of drug-likeness (QED) is 0.285. The number of anilines is 1. The number of carbonyl (C=O) groups is 3. The van der Waals surface area contributed by atoms with E-state index in [2.05, 4.69) is 4.98 Å². The molecule has 8 nitrogen and oxygen atoms in total. The minimum Gasteiger partial charge on any atom is -0.507 e. The molecular formula is C21H15FN2O6S. The fourth-order valence-corrected chi connectivity index (χ4v) is 4.29. The van der Waals surface area contributed by atoms with Crippen LogP contribution < -0.4 is 4.90 Å². The topological polar surface area (TPSA) is 110 Å². The van der Waals surface area contributed by atoms with Crippen molar-refractivity contribution in [2.75, 3.05) is 12.0 Å². The van der Waals surface area contributed by atoms with Gasteiger partial charge in [0.2, 0.25) is 0 Å². The lowest BCUT2D eigenvalue weighted by atomic mass is 9.99. The van der Waals surface area contributed by atoms with Crippen molar-refractivity contribution in [2.45, 2.75) is 13.0 Å². The molecule has 1 amide bonds. The number of benzene rings is 1. The van der Waals surface area contributed by atoms with Gasteiger partial charge in [0.05, 0.1) is 24.6 Å². The van der Waals surface area contributed by atoms with E-state index in [9.17, 15) is 23.9 Å². The lowest BCUT2D eigenvalue weighted by Gasteiger charge is -2.20. The number of aliphatic hydroxyl groups is 1. The van der Waals surface area contributed by atoms with Crippen LogP contribution in [0.15, 0.2) is 52.7 Å². The van der Waals surface area contributed by atoms with E-state index in [1.54, 1.807) is 19.1 Å². The van der Waals surface area contributed by atoms with Crippen LogP contribution in [0.4, 0.5) is 9.52 Å². The van der Waals surface area contributed by atoms with Gasteiger partial charge in [0.15, 0.2) is 5.13 Å². The van der Waals surface area contributed by atoms with Gasteiger partial charge in [-0.3, -0.25) is 14.5 Å². The van der Waals surface area contributed by atoms with E-state index in [0.717, 1.165) is 28.4 Å². The highest BCUT2D eigenvalue weighted by Crippen LogP contribution is 2.44. The second-order valence-corrected chi connectivity index (χ2v) is 7.57. The van der Waals surface area contributed by atoms with Gasteiger partial charge in [-0.15, -0.1) is 0 Å². The lowest BCUT2D eigenvalue weighted by Crippen LogP contribution is -2.29. The second kappa shape index (κ2) is 7.80. The van der Waals surface area contributed by atoms with Crippen LogP contribution in [0.5, 0.6) is 0 Å². The van der Waals surface area contributed by atoms with Gasteiger partial charge < -0.3 is 14.3 Å². The van der Waals surface area contributed by atoms with Crippen molar-refractivity contribution in [3.05, 3.63) is 75.9 Å². The predicted octanol–water partition coefficient (Wildman–Crippen LogP) is 3.60. The number of amides is 1. The SMILES string of the molecule is COC(=O)c1sc(N2C(=O)C(=O)/C(=C(/O)c3ccc(F)cc3)[C@@H]2c2ccco2)nc1C. The van der Waals surface area contributed by atoms with E-state index in [-0.39, 0.29) is 26.9 Å². The number of ether oxygens (including phenoxy) is 1. The van der Waals surface area contributed by atoms with Crippen LogP contribution in [0.3, 0.4) is 0 Å². The molecule has 3 aromatic rings. The Morgan fingerprint density at radius 2 is 1.97 bits per heavy atom. The minimum atomic E-state index is -1.13. The fourth-order valence-electron chi connectivity index (χ4n) is 3.28. The first kappa shape index (κ1) is 20.5. The van der Waals surface area contributed by atoms with Crippen LogP contribution in [-0.2, 0) is 14.3 Å². The molecule has 0 bridgehead atoms. The van der Waals surface area contributed by atoms with E-state index in [0.29, 0.717) is 5.69 Å². The third-order valence-electron chi connectivity index (χ3n) is 4.74. The van der Waals surface area contributed by atoms with Gasteiger partial charge in [-0.2, -0.15) is 0 Å². The van der Waals surface area contributed by atoms with Gasteiger partial charge >= 0.3 is 11.9 Å². The molecule has 0 saturated carbocycles. The summed E-state index contributed by atoms with van der Waals surface area (Å²) < 4.78 is 23.5. The number of carbonyl (C=O) groups excluding carboxylic acids is 3. The van der Waals surface area contributed by atoms with Crippen molar-refractivity contribution < 1.29 is 33.0 Å². The molecule has 1 aliphatic rings. The Morgan fingerprint density at radius 3 is 2.58 bits per heavy atom. The highest BCUT2D eigenvalue weighted by molar-refractivity contribution is 7.17. The molecule has 4 rings (SSSR count). The van der Waals surface area contributed by atoms with E-state index < -0.39 is 35.3 Å². The average molecular weight is 442 g/mol. The first-order chi connectivity index (χ1) is 14.8. The van der Waals surface area contributed by atoms with Crippen LogP contribution in [0.25, 0.3) is 5.76 Å². The second-order valence-electron chi connectivity index (χ2n) is 6.59. The van der Waals surface area contributed by atoms with Gasteiger partial charge in [0.25, 0.3) is 5.78 Å². The summed E-state index contributed by atoms with van der Waals surface area (Å²) in [7, 11) is 1.22. The number of Topliss-reactive ketones (excluding diaryl/α,β-unsaturated/α-hetero) is 1. The zero-order chi connectivity index (χ0) is 22.3. The maximum Gasteiger partial charge on any atom is 0.350 e. The number of aryl methyl sites for hydroxylation is 1. The van der Waals surface area contributed by atoms with Crippen molar-refractivity contribution in [3.63, 3.8) is 0 Å². The van der Waals surface area contributed by atoms with Gasteiger partial charge in [-0.25, -0.2) is 14.2 Å². The summed E-state index contributed by atoms with van der Waals surface area (Å²) in [6, 6.07) is 6.82. The third kappa shape index (κ3) is 3.40. The van der Waals surface area contributed by atoms with E-state index in [1.807, 2.05) is 0 Å². The predicted molar refractivity (Wildman–Crippen MR) is 108 cm³/mol. The Kier molecular flexibility index (Phi) is 5.15. The highest BCUT2D eigenvalue weighted by atomic mass is 32.1. The van der Waals surface area contributed by atoms with Crippen LogP contribution in [0, 0.1) is 12.7 Å². The molecule has 158 valence electrons. The Bertz CT molecular complexity index is 1210. The molecule has 1 aromatic carbocycles. The Morgan fingerprint density at radius 1 is 1.26 bits per heavy atom. The Hall–Kier alpha value is -3.79. The van der Waals surface area contributed by atoms with Gasteiger partial charge in [0.1, 0.15) is 28.3 Å². The number of hydrogen-bond acceptors (Lipinski definition) is 8. The molecule has 1 aliphatic heterocycles. The zero-order valence-corrected chi connectivity index (χ0v) is 17.1.